The summed E-state index contributed by atoms with van der Waals surface area (Å²) >= 11 is 3.37. The summed E-state index contributed by atoms with van der Waals surface area (Å²) in [7, 11) is 3.77. The zero-order valence-corrected chi connectivity index (χ0v) is 14.4. The minimum atomic E-state index is -1.01. The minimum absolute atomic E-state index is 0.121. The van der Waals surface area contributed by atoms with E-state index in [0.717, 1.165) is 4.47 Å². The number of carboxylic acids is 1. The number of rotatable bonds is 7. The lowest BCUT2D eigenvalue weighted by Crippen LogP contribution is -2.40. The number of carbonyl (C=O) groups excluding carboxylic acids is 1. The second-order valence-corrected chi connectivity index (χ2v) is 6.38. The molecule has 0 unspecified atom stereocenters. The molecule has 0 saturated carbocycles. The van der Waals surface area contributed by atoms with Gasteiger partial charge in [0.05, 0.1) is 0 Å². The van der Waals surface area contributed by atoms with Gasteiger partial charge in [-0.25, -0.2) is 0 Å². The molecule has 0 bridgehead atoms. The molecule has 0 aromatic carbocycles. The molecule has 0 aliphatic heterocycles. The highest BCUT2D eigenvalue weighted by Crippen LogP contribution is 2.20. The number of hydrogen-bond acceptors (Lipinski definition) is 3. The fraction of sp³-hybridized carbons (Fsp3) is 0.571. The summed E-state index contributed by atoms with van der Waals surface area (Å²) < 4.78 is 2.65. The summed E-state index contributed by atoms with van der Waals surface area (Å²) in [5.74, 6) is -1.28. The van der Waals surface area contributed by atoms with E-state index in [2.05, 4.69) is 15.9 Å². The first kappa shape index (κ1) is 17.7. The van der Waals surface area contributed by atoms with Crippen LogP contribution in [0.4, 0.5) is 0 Å². The summed E-state index contributed by atoms with van der Waals surface area (Å²) in [4.78, 5) is 26.9. The normalized spacial score (nSPS) is 11.2. The quantitative estimate of drug-likeness (QED) is 0.807. The van der Waals surface area contributed by atoms with E-state index in [1.165, 1.54) is 4.90 Å². The molecular weight excluding hydrogens is 338 g/mol. The standard InChI is InChI=1S/C14H22BrN3O3/c1-10(2)18-8-11(15)7-12(18)14(21)17(9-13(19)20)6-5-16(3)4/h7-8,10H,5-6,9H2,1-4H3,(H,19,20). The van der Waals surface area contributed by atoms with Gasteiger partial charge < -0.3 is 19.5 Å². The molecule has 1 aromatic rings. The van der Waals surface area contributed by atoms with Crippen LogP contribution in [-0.2, 0) is 4.79 Å². The Morgan fingerprint density at radius 1 is 1.33 bits per heavy atom. The third-order valence-electron chi connectivity index (χ3n) is 3.02. The monoisotopic (exact) mass is 359 g/mol. The van der Waals surface area contributed by atoms with Gasteiger partial charge in [0.15, 0.2) is 0 Å². The molecule has 0 aliphatic carbocycles. The molecule has 1 aromatic heterocycles. The van der Waals surface area contributed by atoms with Crippen molar-refractivity contribution in [3.05, 3.63) is 22.4 Å². The van der Waals surface area contributed by atoms with Gasteiger partial charge in [0.2, 0.25) is 0 Å². The van der Waals surface area contributed by atoms with Gasteiger partial charge in [0.1, 0.15) is 12.2 Å². The van der Waals surface area contributed by atoms with Crippen LogP contribution in [0, 0.1) is 0 Å². The van der Waals surface area contributed by atoms with Crippen molar-refractivity contribution in [2.75, 3.05) is 33.7 Å². The average molecular weight is 360 g/mol. The van der Waals surface area contributed by atoms with E-state index in [0.29, 0.717) is 18.8 Å². The maximum absolute atomic E-state index is 12.6. The fourth-order valence-electron chi connectivity index (χ4n) is 1.94. The van der Waals surface area contributed by atoms with E-state index in [-0.39, 0.29) is 18.5 Å². The third kappa shape index (κ3) is 5.17. The summed E-state index contributed by atoms with van der Waals surface area (Å²) in [5.41, 5.74) is 0.497. The number of amides is 1. The lowest BCUT2D eigenvalue weighted by atomic mass is 10.3. The van der Waals surface area contributed by atoms with Gasteiger partial charge in [-0.3, -0.25) is 9.59 Å². The number of hydrogen-bond donors (Lipinski definition) is 1. The molecule has 0 spiro atoms. The summed E-state index contributed by atoms with van der Waals surface area (Å²) in [6, 6.07) is 1.85. The zero-order valence-electron chi connectivity index (χ0n) is 12.8. The zero-order chi connectivity index (χ0) is 16.2. The Kier molecular flexibility index (Phi) is 6.42. The van der Waals surface area contributed by atoms with Crippen molar-refractivity contribution in [3.8, 4) is 0 Å². The van der Waals surface area contributed by atoms with E-state index in [9.17, 15) is 9.59 Å². The third-order valence-corrected chi connectivity index (χ3v) is 3.45. The number of halogens is 1. The molecule has 1 heterocycles. The molecule has 7 heteroatoms. The molecule has 0 saturated heterocycles. The van der Waals surface area contributed by atoms with Gasteiger partial charge in [-0.2, -0.15) is 0 Å². The molecule has 1 N–H and O–H groups in total. The first-order valence-electron chi connectivity index (χ1n) is 6.75. The highest BCUT2D eigenvalue weighted by molar-refractivity contribution is 9.10. The summed E-state index contributed by atoms with van der Waals surface area (Å²) in [6.07, 6.45) is 1.84. The Morgan fingerprint density at radius 3 is 2.43 bits per heavy atom. The van der Waals surface area contributed by atoms with Crippen molar-refractivity contribution in [1.29, 1.82) is 0 Å². The number of carboxylic acid groups (broad SMARTS) is 1. The van der Waals surface area contributed by atoms with Crippen LogP contribution in [0.3, 0.4) is 0 Å². The maximum Gasteiger partial charge on any atom is 0.323 e. The van der Waals surface area contributed by atoms with Gasteiger partial charge in [-0.1, -0.05) is 0 Å². The van der Waals surface area contributed by atoms with E-state index in [1.807, 2.05) is 43.6 Å². The van der Waals surface area contributed by atoms with Crippen LogP contribution in [0.5, 0.6) is 0 Å². The molecule has 21 heavy (non-hydrogen) atoms. The highest BCUT2D eigenvalue weighted by Gasteiger charge is 2.23. The van der Waals surface area contributed by atoms with Crippen molar-refractivity contribution < 1.29 is 14.7 Å². The molecule has 1 amide bonds. The Bertz CT molecular complexity index is 512. The van der Waals surface area contributed by atoms with Crippen LogP contribution in [0.1, 0.15) is 30.4 Å². The Morgan fingerprint density at radius 2 is 1.95 bits per heavy atom. The first-order valence-corrected chi connectivity index (χ1v) is 7.54. The van der Waals surface area contributed by atoms with E-state index in [1.54, 1.807) is 6.07 Å². The Labute approximate surface area is 133 Å². The van der Waals surface area contributed by atoms with E-state index >= 15 is 0 Å². The van der Waals surface area contributed by atoms with E-state index < -0.39 is 5.97 Å². The van der Waals surface area contributed by atoms with Gasteiger partial charge in [0, 0.05) is 29.8 Å². The van der Waals surface area contributed by atoms with Gasteiger partial charge in [0.25, 0.3) is 5.91 Å². The molecular formula is C14H22BrN3O3. The van der Waals surface area contributed by atoms with Crippen LogP contribution < -0.4 is 0 Å². The molecule has 1 rings (SSSR count). The van der Waals surface area contributed by atoms with Crippen LogP contribution in [-0.4, -0.2) is 65.1 Å². The molecule has 0 fully saturated rings. The molecule has 0 aliphatic rings. The Balaban J connectivity index is 3.01. The largest absolute Gasteiger partial charge is 0.480 e. The lowest BCUT2D eigenvalue weighted by Gasteiger charge is -2.24. The second kappa shape index (κ2) is 7.61. The van der Waals surface area contributed by atoms with E-state index in [4.69, 9.17) is 5.11 Å². The van der Waals surface area contributed by atoms with Crippen LogP contribution in [0.15, 0.2) is 16.7 Å². The summed E-state index contributed by atoms with van der Waals surface area (Å²) in [6.45, 7) is 4.64. The molecule has 0 atom stereocenters. The first-order chi connectivity index (χ1) is 9.72. The fourth-order valence-corrected chi connectivity index (χ4v) is 2.38. The van der Waals surface area contributed by atoms with Crippen molar-refractivity contribution >= 4 is 27.8 Å². The van der Waals surface area contributed by atoms with Crippen LogP contribution in [0.2, 0.25) is 0 Å². The number of aliphatic carboxylic acids is 1. The van der Waals surface area contributed by atoms with Crippen molar-refractivity contribution in [2.45, 2.75) is 19.9 Å². The number of aromatic nitrogens is 1. The van der Waals surface area contributed by atoms with Gasteiger partial charge in [-0.15, -0.1) is 0 Å². The number of carbonyl (C=O) groups is 2. The Hall–Kier alpha value is -1.34. The minimum Gasteiger partial charge on any atom is -0.480 e. The predicted molar refractivity (Wildman–Crippen MR) is 84.6 cm³/mol. The molecule has 0 radical (unpaired) electrons. The topological polar surface area (TPSA) is 65.8 Å². The smallest absolute Gasteiger partial charge is 0.323 e. The highest BCUT2D eigenvalue weighted by atomic mass is 79.9. The molecule has 118 valence electrons. The van der Waals surface area contributed by atoms with Crippen molar-refractivity contribution in [1.82, 2.24) is 14.4 Å². The summed E-state index contributed by atoms with van der Waals surface area (Å²) in [5, 5.41) is 9.01. The SMILES string of the molecule is CC(C)n1cc(Br)cc1C(=O)N(CCN(C)C)CC(=O)O. The van der Waals surface area contributed by atoms with Crippen molar-refractivity contribution in [2.24, 2.45) is 0 Å². The second-order valence-electron chi connectivity index (χ2n) is 5.47. The molecule has 6 nitrogen and oxygen atoms in total. The van der Waals surface area contributed by atoms with Gasteiger partial charge in [-0.05, 0) is 49.9 Å². The lowest BCUT2D eigenvalue weighted by molar-refractivity contribution is -0.137. The average Bonchev–Trinajstić information content (AvgIpc) is 2.75. The number of likely N-dealkylation sites (N-methyl/N-ethyl adjacent to an activating group) is 1. The van der Waals surface area contributed by atoms with Crippen molar-refractivity contribution in [3.63, 3.8) is 0 Å². The maximum atomic E-state index is 12.6. The number of nitrogens with zero attached hydrogens (tertiary/aromatic N) is 3. The predicted octanol–water partition coefficient (Wildman–Crippen LogP) is 1.92. The van der Waals surface area contributed by atoms with Gasteiger partial charge >= 0.3 is 5.97 Å². The van der Waals surface area contributed by atoms with Crippen LogP contribution in [0.25, 0.3) is 0 Å². The van der Waals surface area contributed by atoms with Crippen LogP contribution >= 0.6 is 15.9 Å².